The molecule has 0 aliphatic heterocycles. The number of rotatable bonds is 6. The van der Waals surface area contributed by atoms with E-state index in [9.17, 15) is 13.2 Å². The third kappa shape index (κ3) is 5.01. The Morgan fingerprint density at radius 1 is 1.00 bits per heavy atom. The fourth-order valence-corrected chi connectivity index (χ4v) is 4.58. The molecule has 0 aliphatic rings. The van der Waals surface area contributed by atoms with E-state index < -0.39 is 22.0 Å². The lowest BCUT2D eigenvalue weighted by Crippen LogP contribution is -2.47. The van der Waals surface area contributed by atoms with Gasteiger partial charge in [-0.1, -0.05) is 59.6 Å². The summed E-state index contributed by atoms with van der Waals surface area (Å²) in [6.45, 7) is 1.81. The van der Waals surface area contributed by atoms with Crippen LogP contribution in [0.2, 0.25) is 10.0 Å². The van der Waals surface area contributed by atoms with Crippen molar-refractivity contribution in [3.05, 3.63) is 76.3 Å². The van der Waals surface area contributed by atoms with Crippen molar-refractivity contribution in [1.29, 1.82) is 0 Å². The van der Waals surface area contributed by atoms with Crippen LogP contribution in [0.5, 0.6) is 0 Å². The van der Waals surface area contributed by atoms with Gasteiger partial charge >= 0.3 is 0 Å². The first-order valence-electron chi connectivity index (χ1n) is 8.86. The Bertz CT molecular complexity index is 1170. The zero-order valence-corrected chi connectivity index (χ0v) is 18.2. The highest BCUT2D eigenvalue weighted by Crippen LogP contribution is 2.29. The zero-order valence-electron chi connectivity index (χ0n) is 15.9. The molecule has 5 nitrogen and oxygen atoms in total. The smallest absolute Gasteiger partial charge is 0.243 e. The average molecular weight is 451 g/mol. The predicted molar refractivity (Wildman–Crippen MR) is 119 cm³/mol. The van der Waals surface area contributed by atoms with Gasteiger partial charge in [0.1, 0.15) is 6.04 Å². The molecular formula is C21H20Cl2N2O3S. The molecule has 1 unspecified atom stereocenters. The van der Waals surface area contributed by atoms with Crippen molar-refractivity contribution in [2.75, 3.05) is 10.6 Å². The van der Waals surface area contributed by atoms with Gasteiger partial charge in [0.2, 0.25) is 15.9 Å². The van der Waals surface area contributed by atoms with Crippen LogP contribution in [0.3, 0.4) is 0 Å². The summed E-state index contributed by atoms with van der Waals surface area (Å²) in [5.74, 6) is -0.422. The number of nitrogens with zero attached hydrogens (tertiary/aromatic N) is 1. The molecule has 29 heavy (non-hydrogen) atoms. The first-order valence-corrected chi connectivity index (χ1v) is 11.5. The summed E-state index contributed by atoms with van der Waals surface area (Å²) >= 11 is 11.9. The Kier molecular flexibility index (Phi) is 6.36. The second-order valence-corrected chi connectivity index (χ2v) is 9.41. The molecule has 1 amide bonds. The highest BCUT2D eigenvalue weighted by atomic mass is 35.5. The van der Waals surface area contributed by atoms with E-state index in [1.165, 1.54) is 25.1 Å². The molecule has 0 saturated heterocycles. The molecular weight excluding hydrogens is 431 g/mol. The van der Waals surface area contributed by atoms with Gasteiger partial charge in [0.15, 0.2) is 0 Å². The maximum absolute atomic E-state index is 12.7. The minimum Gasteiger partial charge on any atom is -0.350 e. The van der Waals surface area contributed by atoms with Crippen LogP contribution in [-0.2, 0) is 21.4 Å². The van der Waals surface area contributed by atoms with Crippen LogP contribution in [0, 0.1) is 0 Å². The minimum absolute atomic E-state index is 0.210. The summed E-state index contributed by atoms with van der Waals surface area (Å²) in [4.78, 5) is 12.7. The summed E-state index contributed by atoms with van der Waals surface area (Å²) in [5.41, 5.74) is 1.19. The van der Waals surface area contributed by atoms with Gasteiger partial charge in [-0.25, -0.2) is 8.42 Å². The van der Waals surface area contributed by atoms with E-state index in [4.69, 9.17) is 23.2 Å². The number of amides is 1. The molecule has 3 aromatic carbocycles. The molecule has 1 atom stereocenters. The summed E-state index contributed by atoms with van der Waals surface area (Å²) < 4.78 is 25.8. The van der Waals surface area contributed by atoms with E-state index in [-0.39, 0.29) is 17.3 Å². The van der Waals surface area contributed by atoms with E-state index in [0.717, 1.165) is 26.9 Å². The van der Waals surface area contributed by atoms with Gasteiger partial charge in [-0.2, -0.15) is 0 Å². The second kappa shape index (κ2) is 8.61. The van der Waals surface area contributed by atoms with Crippen molar-refractivity contribution >= 4 is 55.6 Å². The van der Waals surface area contributed by atoms with Gasteiger partial charge < -0.3 is 5.32 Å². The number of fused-ring (bicyclic) bond motifs is 1. The monoisotopic (exact) mass is 450 g/mol. The van der Waals surface area contributed by atoms with E-state index in [2.05, 4.69) is 5.32 Å². The van der Waals surface area contributed by atoms with Gasteiger partial charge in [0.25, 0.3) is 0 Å². The molecule has 0 spiro atoms. The lowest BCUT2D eigenvalue weighted by Gasteiger charge is -2.28. The fraction of sp³-hybridized carbons (Fsp3) is 0.190. The highest BCUT2D eigenvalue weighted by Gasteiger charge is 2.29. The molecule has 0 heterocycles. The van der Waals surface area contributed by atoms with Gasteiger partial charge in [0.05, 0.1) is 22.0 Å². The Morgan fingerprint density at radius 2 is 1.69 bits per heavy atom. The topological polar surface area (TPSA) is 66.5 Å². The number of carbonyl (C=O) groups excluding carboxylic acids is 1. The van der Waals surface area contributed by atoms with Crippen molar-refractivity contribution in [1.82, 2.24) is 5.32 Å². The number of benzene rings is 3. The SMILES string of the molecule is CC(C(=O)NCc1ccc2ccccc2c1)N(c1ccc(Cl)c(Cl)c1)S(C)(=O)=O. The molecule has 3 rings (SSSR count). The molecule has 0 radical (unpaired) electrons. The highest BCUT2D eigenvalue weighted by molar-refractivity contribution is 7.92. The van der Waals surface area contributed by atoms with Gasteiger partial charge in [0, 0.05) is 6.54 Å². The largest absolute Gasteiger partial charge is 0.350 e. The Labute approximate surface area is 180 Å². The van der Waals surface area contributed by atoms with Crippen molar-refractivity contribution in [2.24, 2.45) is 0 Å². The molecule has 3 aromatic rings. The Balaban J connectivity index is 1.78. The normalized spacial score (nSPS) is 12.6. The number of anilines is 1. The maximum atomic E-state index is 12.7. The van der Waals surface area contributed by atoms with Crippen LogP contribution in [0.1, 0.15) is 12.5 Å². The molecule has 0 fully saturated rings. The molecule has 0 aliphatic carbocycles. The molecule has 0 bridgehead atoms. The Morgan fingerprint density at radius 3 is 2.34 bits per heavy atom. The molecule has 1 N–H and O–H groups in total. The van der Waals surface area contributed by atoms with Gasteiger partial charge in [-0.05, 0) is 47.5 Å². The van der Waals surface area contributed by atoms with Crippen molar-refractivity contribution in [2.45, 2.75) is 19.5 Å². The summed E-state index contributed by atoms with van der Waals surface area (Å²) in [6, 6.07) is 17.3. The summed E-state index contributed by atoms with van der Waals surface area (Å²) in [5, 5.41) is 5.50. The molecule has 0 aromatic heterocycles. The molecule has 152 valence electrons. The lowest BCUT2D eigenvalue weighted by molar-refractivity contribution is -0.122. The number of sulfonamides is 1. The van der Waals surface area contributed by atoms with Crippen LogP contribution < -0.4 is 9.62 Å². The zero-order chi connectivity index (χ0) is 21.2. The number of carbonyl (C=O) groups is 1. The quantitative estimate of drug-likeness (QED) is 0.595. The van der Waals surface area contributed by atoms with E-state index in [1.807, 2.05) is 42.5 Å². The van der Waals surface area contributed by atoms with E-state index in [1.54, 1.807) is 0 Å². The van der Waals surface area contributed by atoms with E-state index >= 15 is 0 Å². The first kappa shape index (κ1) is 21.4. The molecule has 0 saturated carbocycles. The van der Waals surface area contributed by atoms with Crippen LogP contribution in [0.4, 0.5) is 5.69 Å². The minimum atomic E-state index is -3.73. The number of nitrogens with one attached hydrogen (secondary N) is 1. The first-order chi connectivity index (χ1) is 13.7. The number of hydrogen-bond acceptors (Lipinski definition) is 3. The number of hydrogen-bond donors (Lipinski definition) is 1. The van der Waals surface area contributed by atoms with Crippen LogP contribution in [0.15, 0.2) is 60.7 Å². The predicted octanol–water partition coefficient (Wildman–Crippen LogP) is 4.62. The average Bonchev–Trinajstić information content (AvgIpc) is 2.67. The third-order valence-electron chi connectivity index (χ3n) is 4.53. The van der Waals surface area contributed by atoms with Crippen molar-refractivity contribution < 1.29 is 13.2 Å². The van der Waals surface area contributed by atoms with Crippen LogP contribution >= 0.6 is 23.2 Å². The van der Waals surface area contributed by atoms with Gasteiger partial charge in [-0.15, -0.1) is 0 Å². The maximum Gasteiger partial charge on any atom is 0.243 e. The van der Waals surface area contributed by atoms with Crippen LogP contribution in [-0.4, -0.2) is 26.6 Å². The van der Waals surface area contributed by atoms with Crippen molar-refractivity contribution in [3.8, 4) is 0 Å². The standard InChI is InChI=1S/C21H20Cl2N2O3S/c1-14(25(29(2,27)28)18-9-10-19(22)20(23)12-18)21(26)24-13-15-7-8-16-5-3-4-6-17(16)11-15/h3-12,14H,13H2,1-2H3,(H,24,26). The van der Waals surface area contributed by atoms with Crippen LogP contribution in [0.25, 0.3) is 10.8 Å². The lowest BCUT2D eigenvalue weighted by atomic mass is 10.1. The summed E-state index contributed by atoms with van der Waals surface area (Å²) in [6.07, 6.45) is 1.04. The Hall–Kier alpha value is -2.28. The second-order valence-electron chi connectivity index (χ2n) is 6.73. The van der Waals surface area contributed by atoms with Gasteiger partial charge in [-0.3, -0.25) is 9.10 Å². The number of halogens is 2. The van der Waals surface area contributed by atoms with E-state index in [0.29, 0.717) is 5.02 Å². The fourth-order valence-electron chi connectivity index (χ4n) is 3.12. The summed E-state index contributed by atoms with van der Waals surface area (Å²) in [7, 11) is -3.73. The third-order valence-corrected chi connectivity index (χ3v) is 6.51. The van der Waals surface area contributed by atoms with Crippen molar-refractivity contribution in [3.63, 3.8) is 0 Å². The molecule has 8 heteroatoms.